The summed E-state index contributed by atoms with van der Waals surface area (Å²) in [7, 11) is 0. The molecular weight excluding hydrogens is 1490 g/mol. The fraction of sp³-hybridized carbons (Fsp3) is 0.842. The highest BCUT2D eigenvalue weighted by Crippen LogP contribution is 2.15. The Kier molecular flexibility index (Phi) is 135. The smallest absolute Gasteiger partial charge is 0.305 e. The molecule has 0 aromatic rings. The zero-order valence-electron chi connectivity index (χ0n) is 80.7. The highest BCUT2D eigenvalue weighted by molar-refractivity contribution is 5.70. The molecular formula is C95H186O22. The molecule has 22 nitrogen and oxygen atoms in total. The van der Waals surface area contributed by atoms with Crippen molar-refractivity contribution in [3.8, 4) is 0 Å². The second-order valence-corrected chi connectivity index (χ2v) is 29.3. The summed E-state index contributed by atoms with van der Waals surface area (Å²) in [6.07, 6.45) is 47.9. The number of esters is 11. The summed E-state index contributed by atoms with van der Waals surface area (Å²) in [5.74, 6) is 0.239. The molecule has 0 fully saturated rings. The van der Waals surface area contributed by atoms with Crippen molar-refractivity contribution in [2.75, 3.05) is 72.7 Å². The van der Waals surface area contributed by atoms with Gasteiger partial charge in [-0.3, -0.25) is 52.7 Å². The third-order valence-corrected chi connectivity index (χ3v) is 15.8. The molecule has 0 bridgehead atoms. The molecule has 0 amide bonds. The number of ether oxygens (including phenoxy) is 11. The van der Waals surface area contributed by atoms with Crippen LogP contribution in [0.2, 0.25) is 0 Å². The predicted octanol–water partition coefficient (Wildman–Crippen LogP) is 25.3. The maximum Gasteiger partial charge on any atom is 0.305 e. The van der Waals surface area contributed by atoms with Gasteiger partial charge in [0.15, 0.2) is 0 Å². The van der Waals surface area contributed by atoms with Crippen LogP contribution in [0.4, 0.5) is 0 Å². The molecule has 698 valence electrons. The lowest BCUT2D eigenvalue weighted by molar-refractivity contribution is -0.144. The van der Waals surface area contributed by atoms with Crippen LogP contribution in [0, 0.1) is 17.8 Å². The first kappa shape index (κ1) is 134. The Morgan fingerprint density at radius 3 is 0.632 bits per heavy atom. The summed E-state index contributed by atoms with van der Waals surface area (Å²) < 4.78 is 52.4. The molecule has 0 saturated heterocycles. The lowest BCUT2D eigenvalue weighted by Crippen LogP contribution is -2.07. The van der Waals surface area contributed by atoms with E-state index in [0.29, 0.717) is 116 Å². The molecule has 0 aromatic carbocycles. The van der Waals surface area contributed by atoms with Crippen molar-refractivity contribution < 1.29 is 105 Å². The highest BCUT2D eigenvalue weighted by Gasteiger charge is 2.06. The molecule has 0 spiro atoms. The number of unbranched alkanes of at least 4 members (excludes halogenated alkanes) is 22. The summed E-state index contributed by atoms with van der Waals surface area (Å²) in [5.41, 5.74) is 2.75. The second kappa shape index (κ2) is 118. The number of rotatable bonds is 55. The van der Waals surface area contributed by atoms with Crippen LogP contribution in [0.1, 0.15) is 437 Å². The molecule has 0 aromatic heterocycles. The van der Waals surface area contributed by atoms with E-state index >= 15 is 0 Å². The zero-order chi connectivity index (χ0) is 91.8. The minimum Gasteiger partial charge on any atom is -0.466 e. The van der Waals surface area contributed by atoms with E-state index in [1.807, 2.05) is 13.8 Å². The van der Waals surface area contributed by atoms with E-state index in [0.717, 1.165) is 83.5 Å². The molecule has 0 N–H and O–H groups in total. The summed E-state index contributed by atoms with van der Waals surface area (Å²) in [6.45, 7) is 57.1. The Labute approximate surface area is 718 Å². The predicted molar refractivity (Wildman–Crippen MR) is 480 cm³/mol. The normalized spacial score (nSPS) is 10.1. The number of carbonyl (C=O) groups excluding carboxylic acids is 11. The molecule has 0 aliphatic carbocycles. The van der Waals surface area contributed by atoms with Gasteiger partial charge in [0.25, 0.3) is 0 Å². The third kappa shape index (κ3) is 182. The van der Waals surface area contributed by atoms with E-state index in [1.165, 1.54) is 201 Å². The standard InChI is InChI=1S/C14H28O2.C13H24O2.C12H22O2.C10H20O2.C9H18O2.C8H16O2.2C7H14O2.C6H12O2.C5H10O2.C4H8O2/c1-3-4-5-6-7-8-9-10-11-12-13-16-14(2)15;1-5-13(14)15-10-9-12(4)8-6-7-11(2)3;1-10(2)6-5-7-11(3)8-9-14-12(4)13;1-3-4-5-6-7-8-9-12-10(2)11;1-3-5-6-7-8-11-9(10)4-2;1-3-4-5-6-7-10-8(2)9;1-6(2)4-5-9-7(3)8;1-3-5-6-9-7(8)4-2;1-3-4-5-8-6(2)7;1-3-5(6)7-4-2;1-3-6-4(2)5/h3-13H2,1-2H3;7,12H,5-6,8-10H2,1-4H3;6,11H,5,7-9H2,1-4H3;3-9H2,1-2H3;3-8H2,1-2H3;3-7H2,1-2H3;6H,4-5H2,1-3H3;3-6H2,1-2H3;3-5H2,1-2H3;3-4H2,1-2H3;3H2,1-2H3. The molecule has 2 atom stereocenters. The van der Waals surface area contributed by atoms with E-state index in [1.54, 1.807) is 27.7 Å². The van der Waals surface area contributed by atoms with Gasteiger partial charge in [-0.2, -0.15) is 0 Å². The first-order valence-corrected chi connectivity index (χ1v) is 45.3. The molecule has 117 heavy (non-hydrogen) atoms. The Hall–Kier alpha value is -6.35. The van der Waals surface area contributed by atoms with Crippen LogP contribution in [-0.2, 0) is 105 Å². The van der Waals surface area contributed by atoms with Crippen LogP contribution >= 0.6 is 0 Å². The molecule has 0 aliphatic rings. The van der Waals surface area contributed by atoms with Crippen molar-refractivity contribution in [1.82, 2.24) is 0 Å². The Balaban J connectivity index is -0.000000119. The van der Waals surface area contributed by atoms with Gasteiger partial charge in [-0.1, -0.05) is 261 Å². The maximum atomic E-state index is 10.9. The molecule has 0 rings (SSSR count). The summed E-state index contributed by atoms with van der Waals surface area (Å²) in [5, 5.41) is 0. The van der Waals surface area contributed by atoms with Crippen LogP contribution in [0.25, 0.3) is 0 Å². The Morgan fingerprint density at radius 1 is 0.214 bits per heavy atom. The Morgan fingerprint density at radius 2 is 0.410 bits per heavy atom. The average Bonchev–Trinajstić information content (AvgIpc) is 1.03. The summed E-state index contributed by atoms with van der Waals surface area (Å²) in [6, 6.07) is 0. The number of hydrogen-bond donors (Lipinski definition) is 0. The average molecular weight is 1680 g/mol. The zero-order valence-corrected chi connectivity index (χ0v) is 80.7. The van der Waals surface area contributed by atoms with Gasteiger partial charge in [0, 0.05) is 74.1 Å². The largest absolute Gasteiger partial charge is 0.466 e. The van der Waals surface area contributed by atoms with Gasteiger partial charge >= 0.3 is 65.7 Å². The fourth-order valence-electron chi connectivity index (χ4n) is 8.64. The monoisotopic (exact) mass is 1680 g/mol. The van der Waals surface area contributed by atoms with Crippen molar-refractivity contribution in [2.45, 2.75) is 437 Å². The fourth-order valence-corrected chi connectivity index (χ4v) is 8.64. The van der Waals surface area contributed by atoms with Gasteiger partial charge in [0.05, 0.1) is 72.7 Å². The minimum absolute atomic E-state index is 0.0819. The molecule has 0 aliphatic heterocycles. The van der Waals surface area contributed by atoms with E-state index < -0.39 is 0 Å². The number of carbonyl (C=O) groups is 11. The van der Waals surface area contributed by atoms with Gasteiger partial charge in [-0.25, -0.2) is 0 Å². The van der Waals surface area contributed by atoms with Crippen molar-refractivity contribution in [3.05, 3.63) is 23.3 Å². The van der Waals surface area contributed by atoms with Crippen molar-refractivity contribution in [1.29, 1.82) is 0 Å². The van der Waals surface area contributed by atoms with Crippen LogP contribution in [0.3, 0.4) is 0 Å². The van der Waals surface area contributed by atoms with Crippen LogP contribution in [0.5, 0.6) is 0 Å². The quantitative estimate of drug-likeness (QED) is 0.0236. The third-order valence-electron chi connectivity index (χ3n) is 15.8. The number of allylic oxidation sites excluding steroid dienone is 4. The topological polar surface area (TPSA) is 289 Å². The Bertz CT molecular complexity index is 2220. The van der Waals surface area contributed by atoms with Crippen LogP contribution in [-0.4, -0.2) is 138 Å². The van der Waals surface area contributed by atoms with Gasteiger partial charge in [0.2, 0.25) is 0 Å². The van der Waals surface area contributed by atoms with E-state index in [4.69, 9.17) is 37.9 Å². The summed E-state index contributed by atoms with van der Waals surface area (Å²) >= 11 is 0. The van der Waals surface area contributed by atoms with Crippen molar-refractivity contribution >= 4 is 65.7 Å². The second-order valence-electron chi connectivity index (χ2n) is 29.3. The lowest BCUT2D eigenvalue weighted by Gasteiger charge is -2.10. The molecule has 2 unspecified atom stereocenters. The molecule has 0 heterocycles. The van der Waals surface area contributed by atoms with E-state index in [9.17, 15) is 52.7 Å². The molecule has 22 heteroatoms. The first-order chi connectivity index (χ1) is 55.5. The van der Waals surface area contributed by atoms with Gasteiger partial charge in [-0.15, -0.1) is 0 Å². The van der Waals surface area contributed by atoms with Crippen molar-refractivity contribution in [2.24, 2.45) is 17.8 Å². The number of hydrogen-bond acceptors (Lipinski definition) is 22. The highest BCUT2D eigenvalue weighted by atomic mass is 16.6. The van der Waals surface area contributed by atoms with E-state index in [2.05, 4.69) is 123 Å². The van der Waals surface area contributed by atoms with Crippen LogP contribution < -0.4 is 0 Å². The molecule has 0 radical (unpaired) electrons. The first-order valence-electron chi connectivity index (χ1n) is 45.3. The minimum atomic E-state index is -0.211. The van der Waals surface area contributed by atoms with E-state index in [-0.39, 0.29) is 65.7 Å². The summed E-state index contributed by atoms with van der Waals surface area (Å²) in [4.78, 5) is 114. The lowest BCUT2D eigenvalue weighted by atomic mass is 10.0. The van der Waals surface area contributed by atoms with Gasteiger partial charge in [0.1, 0.15) is 0 Å². The SMILES string of the molecule is CC(=O)OCCC(C)C.CC(=O)OCCC(C)CCC=C(C)C.CCC(=O)OCCC(C)CCC=C(C)C.CCCCCCCCCCCCOC(C)=O.CCCCCCCCOC(C)=O.CCCCCCOC(=O)CC.CCCCCCOC(C)=O.CCCCOC(=O)CC.CCCCOC(C)=O.CCOC(=O)CC.CCOC(C)=O. The molecule has 0 saturated carbocycles. The maximum absolute atomic E-state index is 10.9. The van der Waals surface area contributed by atoms with Gasteiger partial charge in [-0.05, 0) is 143 Å². The van der Waals surface area contributed by atoms with Crippen LogP contribution in [0.15, 0.2) is 23.3 Å². The van der Waals surface area contributed by atoms with Gasteiger partial charge < -0.3 is 52.1 Å². The van der Waals surface area contributed by atoms with Crippen molar-refractivity contribution in [3.63, 3.8) is 0 Å².